The molecule has 1 nitrogen and oxygen atoms in total. The minimum absolute atomic E-state index is 0.246. The van der Waals surface area contributed by atoms with E-state index in [-0.39, 0.29) is 5.82 Å². The lowest BCUT2D eigenvalue weighted by Gasteiger charge is -1.98. The van der Waals surface area contributed by atoms with Crippen molar-refractivity contribution in [1.82, 2.24) is 0 Å². The molecule has 0 aliphatic heterocycles. The molecule has 0 bridgehead atoms. The van der Waals surface area contributed by atoms with Gasteiger partial charge in [-0.3, -0.25) is 0 Å². The summed E-state index contributed by atoms with van der Waals surface area (Å²) in [4.78, 5) is 0. The van der Waals surface area contributed by atoms with Gasteiger partial charge in [-0.2, -0.15) is 5.26 Å². The fourth-order valence-corrected chi connectivity index (χ4v) is 2.89. The summed E-state index contributed by atoms with van der Waals surface area (Å²) in [5, 5.41) is 11.4. The Balaban J connectivity index is 2.84. The van der Waals surface area contributed by atoms with E-state index in [1.54, 1.807) is 12.1 Å². The second-order valence-electron chi connectivity index (χ2n) is 2.84. The molecule has 0 aliphatic carbocycles. The Morgan fingerprint density at radius 2 is 2.29 bits per heavy atom. The number of nitrogens with zero attached hydrogens (tertiary/aromatic N) is 1. The third-order valence-corrected chi connectivity index (χ3v) is 3.62. The number of fused-ring (bicyclic) bond motifs is 1. The van der Waals surface area contributed by atoms with E-state index in [9.17, 15) is 4.39 Å². The van der Waals surface area contributed by atoms with E-state index < -0.39 is 0 Å². The number of nitriles is 1. The van der Waals surface area contributed by atoms with E-state index in [0.29, 0.717) is 16.3 Å². The van der Waals surface area contributed by atoms with Gasteiger partial charge in [-0.25, -0.2) is 4.39 Å². The minimum atomic E-state index is -0.246. The highest BCUT2D eigenvalue weighted by atomic mass is 79.9. The lowest BCUT2D eigenvalue weighted by molar-refractivity contribution is 0.644. The molecule has 0 saturated heterocycles. The van der Waals surface area contributed by atoms with E-state index >= 15 is 0 Å². The molecule has 1 heterocycles. The summed E-state index contributed by atoms with van der Waals surface area (Å²) in [5.41, 5.74) is 1.47. The minimum Gasteiger partial charge on any atom is -0.205 e. The highest BCUT2D eigenvalue weighted by Crippen LogP contribution is 2.30. The smallest absolute Gasteiger partial charge is 0.141 e. The van der Waals surface area contributed by atoms with Crippen LogP contribution < -0.4 is 0 Å². The molecule has 0 atom stereocenters. The third kappa shape index (κ3) is 1.43. The molecular weight excluding hydrogens is 265 g/mol. The Bertz CT molecular complexity index is 527. The normalized spacial score (nSPS) is 10.4. The van der Waals surface area contributed by atoms with Crippen LogP contribution in [-0.4, -0.2) is 0 Å². The average molecular weight is 270 g/mol. The first kappa shape index (κ1) is 9.63. The zero-order chi connectivity index (χ0) is 10.1. The van der Waals surface area contributed by atoms with Crippen molar-refractivity contribution in [3.63, 3.8) is 0 Å². The molecule has 0 fully saturated rings. The molecule has 2 aromatic rings. The number of thiophene rings is 1. The summed E-state index contributed by atoms with van der Waals surface area (Å²) in [6, 6.07) is 5.40. The molecule has 0 aliphatic rings. The summed E-state index contributed by atoms with van der Waals surface area (Å²) < 4.78 is 14.2. The van der Waals surface area contributed by atoms with Crippen molar-refractivity contribution in [1.29, 1.82) is 5.26 Å². The number of alkyl halides is 1. The van der Waals surface area contributed by atoms with Crippen LogP contribution in [0.25, 0.3) is 10.1 Å². The molecule has 0 unspecified atom stereocenters. The molecule has 70 valence electrons. The number of hydrogen-bond donors (Lipinski definition) is 0. The molecule has 4 heteroatoms. The zero-order valence-electron chi connectivity index (χ0n) is 7.05. The van der Waals surface area contributed by atoms with Gasteiger partial charge in [-0.05, 0) is 17.7 Å². The Kier molecular flexibility index (Phi) is 2.53. The largest absolute Gasteiger partial charge is 0.205 e. The van der Waals surface area contributed by atoms with Crippen molar-refractivity contribution in [2.24, 2.45) is 0 Å². The molecule has 0 amide bonds. The maximum atomic E-state index is 13.3. The summed E-state index contributed by atoms with van der Waals surface area (Å²) in [6.07, 6.45) is 0. The summed E-state index contributed by atoms with van der Waals surface area (Å²) in [6.45, 7) is 0. The van der Waals surface area contributed by atoms with Crippen LogP contribution in [0.5, 0.6) is 0 Å². The summed E-state index contributed by atoms with van der Waals surface area (Å²) in [7, 11) is 0. The van der Waals surface area contributed by atoms with Gasteiger partial charge in [0.15, 0.2) is 0 Å². The van der Waals surface area contributed by atoms with E-state index in [2.05, 4.69) is 15.9 Å². The van der Waals surface area contributed by atoms with Gasteiger partial charge >= 0.3 is 0 Å². The lowest BCUT2D eigenvalue weighted by atomic mass is 10.1. The monoisotopic (exact) mass is 269 g/mol. The van der Waals surface area contributed by atoms with Crippen LogP contribution in [0.4, 0.5) is 4.39 Å². The first-order chi connectivity index (χ1) is 6.76. The van der Waals surface area contributed by atoms with Crippen LogP contribution in [0.1, 0.15) is 11.1 Å². The predicted molar refractivity (Wildman–Crippen MR) is 59.1 cm³/mol. The molecule has 1 aromatic heterocycles. The SMILES string of the molecule is N#Cc1cc(CBr)c2scc(F)c2c1. The molecule has 2 rings (SSSR count). The molecule has 0 N–H and O–H groups in total. The second-order valence-corrected chi connectivity index (χ2v) is 4.28. The van der Waals surface area contributed by atoms with Crippen molar-refractivity contribution in [2.75, 3.05) is 0 Å². The molecule has 0 spiro atoms. The lowest BCUT2D eigenvalue weighted by Crippen LogP contribution is -1.82. The molecule has 14 heavy (non-hydrogen) atoms. The van der Waals surface area contributed by atoms with Crippen molar-refractivity contribution in [3.8, 4) is 6.07 Å². The Morgan fingerprint density at radius 3 is 2.93 bits per heavy atom. The number of hydrogen-bond acceptors (Lipinski definition) is 2. The van der Waals surface area contributed by atoms with E-state index in [0.717, 1.165) is 10.3 Å². The Hall–Kier alpha value is -0.920. The predicted octanol–water partition coefficient (Wildman–Crippen LogP) is 3.81. The van der Waals surface area contributed by atoms with E-state index in [1.807, 2.05) is 6.07 Å². The van der Waals surface area contributed by atoms with Crippen molar-refractivity contribution >= 4 is 37.4 Å². The number of benzene rings is 1. The fourth-order valence-electron chi connectivity index (χ4n) is 1.34. The highest BCUT2D eigenvalue weighted by molar-refractivity contribution is 9.08. The van der Waals surface area contributed by atoms with Crippen LogP contribution in [0, 0.1) is 17.1 Å². The third-order valence-electron chi connectivity index (χ3n) is 1.98. The van der Waals surface area contributed by atoms with Crippen LogP contribution in [-0.2, 0) is 5.33 Å². The van der Waals surface area contributed by atoms with Gasteiger partial charge in [-0.15, -0.1) is 11.3 Å². The van der Waals surface area contributed by atoms with Gasteiger partial charge in [0.05, 0.1) is 11.6 Å². The number of halogens is 2. The van der Waals surface area contributed by atoms with Gasteiger partial charge in [-0.1, -0.05) is 15.9 Å². The standard InChI is InChI=1S/C10H5BrFNS/c11-3-7-1-6(4-13)2-8-9(12)5-14-10(7)8/h1-2,5H,3H2. The van der Waals surface area contributed by atoms with Crippen LogP contribution in [0.15, 0.2) is 17.5 Å². The molecule has 0 radical (unpaired) electrons. The highest BCUT2D eigenvalue weighted by Gasteiger charge is 2.09. The second kappa shape index (κ2) is 3.68. The van der Waals surface area contributed by atoms with Crippen molar-refractivity contribution < 1.29 is 4.39 Å². The molecule has 0 saturated carbocycles. The van der Waals surface area contributed by atoms with E-state index in [4.69, 9.17) is 5.26 Å². The Morgan fingerprint density at radius 1 is 1.50 bits per heavy atom. The summed E-state index contributed by atoms with van der Waals surface area (Å²) in [5.74, 6) is -0.246. The Labute approximate surface area is 92.9 Å². The van der Waals surface area contributed by atoms with Gasteiger partial charge in [0.25, 0.3) is 0 Å². The van der Waals surface area contributed by atoms with E-state index in [1.165, 1.54) is 16.7 Å². The van der Waals surface area contributed by atoms with Gasteiger partial charge in [0.2, 0.25) is 0 Å². The van der Waals surface area contributed by atoms with Gasteiger partial charge < -0.3 is 0 Å². The van der Waals surface area contributed by atoms with Crippen LogP contribution in [0.2, 0.25) is 0 Å². The first-order valence-electron chi connectivity index (χ1n) is 3.92. The quantitative estimate of drug-likeness (QED) is 0.723. The van der Waals surface area contributed by atoms with Gasteiger partial charge in [0, 0.05) is 20.8 Å². The van der Waals surface area contributed by atoms with Crippen molar-refractivity contribution in [2.45, 2.75) is 5.33 Å². The first-order valence-corrected chi connectivity index (χ1v) is 5.92. The molecular formula is C10H5BrFNS. The maximum Gasteiger partial charge on any atom is 0.141 e. The maximum absolute atomic E-state index is 13.3. The van der Waals surface area contributed by atoms with Gasteiger partial charge in [0.1, 0.15) is 5.82 Å². The molecule has 1 aromatic carbocycles. The van der Waals surface area contributed by atoms with Crippen molar-refractivity contribution in [3.05, 3.63) is 34.5 Å². The van der Waals surface area contributed by atoms with Crippen LogP contribution >= 0.6 is 27.3 Å². The summed E-state index contributed by atoms with van der Waals surface area (Å²) >= 11 is 4.70. The topological polar surface area (TPSA) is 23.8 Å². The number of rotatable bonds is 1. The van der Waals surface area contributed by atoms with Crippen LogP contribution in [0.3, 0.4) is 0 Å². The zero-order valence-corrected chi connectivity index (χ0v) is 9.45. The average Bonchev–Trinajstić information content (AvgIpc) is 2.59. The fraction of sp³-hybridized carbons (Fsp3) is 0.100.